The van der Waals surface area contributed by atoms with Crippen molar-refractivity contribution >= 4 is 11.9 Å². The molecule has 0 aliphatic rings. The molecule has 1 aromatic carbocycles. The average molecular weight is 349 g/mol. The lowest BCUT2D eigenvalue weighted by Gasteiger charge is -2.31. The van der Waals surface area contributed by atoms with Crippen LogP contribution >= 0.6 is 0 Å². The van der Waals surface area contributed by atoms with E-state index in [4.69, 9.17) is 4.74 Å². The van der Waals surface area contributed by atoms with E-state index >= 15 is 0 Å². The second-order valence-electron chi connectivity index (χ2n) is 6.55. The summed E-state index contributed by atoms with van der Waals surface area (Å²) in [4.78, 5) is 26.0. The van der Waals surface area contributed by atoms with E-state index < -0.39 is 5.92 Å². The van der Waals surface area contributed by atoms with Gasteiger partial charge in [0.15, 0.2) is 0 Å². The van der Waals surface area contributed by atoms with Gasteiger partial charge in [0, 0.05) is 13.0 Å². The maximum absolute atomic E-state index is 12.7. The van der Waals surface area contributed by atoms with Crippen LogP contribution in [-0.2, 0) is 20.7 Å². The van der Waals surface area contributed by atoms with E-state index in [9.17, 15) is 14.7 Å². The van der Waals surface area contributed by atoms with E-state index in [1.807, 2.05) is 13.8 Å². The summed E-state index contributed by atoms with van der Waals surface area (Å²) in [7, 11) is 1.34. The number of carbonyl (C=O) groups excluding carboxylic acids is 2. The fraction of sp³-hybridized carbons (Fsp3) is 0.600. The number of benzene rings is 1. The van der Waals surface area contributed by atoms with Crippen molar-refractivity contribution in [2.75, 3.05) is 20.3 Å². The molecule has 2 atom stereocenters. The van der Waals surface area contributed by atoms with Crippen LogP contribution in [0.1, 0.15) is 44.2 Å². The fourth-order valence-corrected chi connectivity index (χ4v) is 2.82. The molecule has 1 aromatic rings. The minimum atomic E-state index is -0.411. The Morgan fingerprint density at radius 3 is 2.40 bits per heavy atom. The van der Waals surface area contributed by atoms with E-state index in [0.717, 1.165) is 12.8 Å². The number of methoxy groups -OCH3 is 1. The van der Waals surface area contributed by atoms with Gasteiger partial charge in [-0.3, -0.25) is 9.59 Å². The number of amides is 1. The first kappa shape index (κ1) is 21.2. The SMILES string of the molecule is CCC(CO)N(CC(C)C(=O)OC)C(=O)CCCc1ccc(C)cc1. The van der Waals surface area contributed by atoms with Gasteiger partial charge in [0.2, 0.25) is 5.91 Å². The van der Waals surface area contributed by atoms with Gasteiger partial charge in [0.05, 0.1) is 25.7 Å². The third-order valence-electron chi connectivity index (χ3n) is 4.49. The molecule has 25 heavy (non-hydrogen) atoms. The highest BCUT2D eigenvalue weighted by Crippen LogP contribution is 2.14. The number of nitrogens with zero attached hydrogens (tertiary/aromatic N) is 1. The van der Waals surface area contributed by atoms with Crippen molar-refractivity contribution in [2.45, 2.75) is 52.5 Å². The van der Waals surface area contributed by atoms with Crippen molar-refractivity contribution in [3.63, 3.8) is 0 Å². The monoisotopic (exact) mass is 349 g/mol. The lowest BCUT2D eigenvalue weighted by molar-refractivity contribution is -0.147. The van der Waals surface area contributed by atoms with Crippen molar-refractivity contribution < 1.29 is 19.4 Å². The molecule has 1 rings (SSSR count). The topological polar surface area (TPSA) is 66.8 Å². The molecule has 0 spiro atoms. The van der Waals surface area contributed by atoms with Crippen molar-refractivity contribution in [3.8, 4) is 0 Å². The number of hydrogen-bond donors (Lipinski definition) is 1. The van der Waals surface area contributed by atoms with Gasteiger partial charge in [0.1, 0.15) is 0 Å². The Hall–Kier alpha value is -1.88. The maximum Gasteiger partial charge on any atom is 0.310 e. The molecular weight excluding hydrogens is 318 g/mol. The van der Waals surface area contributed by atoms with Crippen molar-refractivity contribution in [1.29, 1.82) is 0 Å². The predicted molar refractivity (Wildman–Crippen MR) is 98.2 cm³/mol. The molecular formula is C20H31NO4. The first-order valence-corrected chi connectivity index (χ1v) is 8.96. The average Bonchev–Trinajstić information content (AvgIpc) is 2.62. The molecule has 0 aliphatic carbocycles. The third-order valence-corrected chi connectivity index (χ3v) is 4.49. The number of esters is 1. The Morgan fingerprint density at radius 2 is 1.88 bits per heavy atom. The smallest absolute Gasteiger partial charge is 0.310 e. The lowest BCUT2D eigenvalue weighted by Crippen LogP contribution is -2.45. The summed E-state index contributed by atoms with van der Waals surface area (Å²) in [5.74, 6) is -0.777. The molecule has 1 amide bonds. The van der Waals surface area contributed by atoms with Gasteiger partial charge in [-0.2, -0.15) is 0 Å². The summed E-state index contributed by atoms with van der Waals surface area (Å²) in [5, 5.41) is 9.57. The van der Waals surface area contributed by atoms with Crippen molar-refractivity contribution in [2.24, 2.45) is 5.92 Å². The first-order chi connectivity index (χ1) is 11.9. The quantitative estimate of drug-likeness (QED) is 0.660. The standard InChI is InChI=1S/C20H31NO4/c1-5-18(14-22)21(13-16(3)20(24)25-4)19(23)8-6-7-17-11-9-15(2)10-12-17/h9-12,16,18,22H,5-8,13-14H2,1-4H3. The fourth-order valence-electron chi connectivity index (χ4n) is 2.82. The molecule has 0 radical (unpaired) electrons. The summed E-state index contributed by atoms with van der Waals surface area (Å²) in [5.41, 5.74) is 2.43. The van der Waals surface area contributed by atoms with Crippen LogP contribution in [0.4, 0.5) is 0 Å². The number of ether oxygens (including phenoxy) is 1. The molecule has 5 nitrogen and oxygen atoms in total. The molecule has 0 saturated heterocycles. The summed E-state index contributed by atoms with van der Waals surface area (Å²) in [6.07, 6.45) is 2.63. The molecule has 1 N–H and O–H groups in total. The minimum Gasteiger partial charge on any atom is -0.469 e. The zero-order valence-electron chi connectivity index (χ0n) is 15.8. The van der Waals surface area contributed by atoms with Crippen molar-refractivity contribution in [1.82, 2.24) is 4.90 Å². The predicted octanol–water partition coefficient (Wildman–Crippen LogP) is 2.73. The molecule has 140 valence electrons. The van der Waals surface area contributed by atoms with Gasteiger partial charge in [-0.05, 0) is 31.7 Å². The van der Waals surface area contributed by atoms with Crippen LogP contribution < -0.4 is 0 Å². The largest absolute Gasteiger partial charge is 0.469 e. The van der Waals surface area contributed by atoms with Crippen LogP contribution in [0, 0.1) is 12.8 Å². The Kier molecular flexibility index (Phi) is 9.21. The summed E-state index contributed by atoms with van der Waals surface area (Å²) >= 11 is 0. The number of hydrogen-bond acceptors (Lipinski definition) is 4. The summed E-state index contributed by atoms with van der Waals surface area (Å²) in [6, 6.07) is 8.04. The second-order valence-corrected chi connectivity index (χ2v) is 6.55. The number of rotatable bonds is 10. The molecule has 0 heterocycles. The van der Waals surface area contributed by atoms with Crippen LogP contribution in [0.25, 0.3) is 0 Å². The van der Waals surface area contributed by atoms with Crippen LogP contribution in [-0.4, -0.2) is 48.2 Å². The van der Waals surface area contributed by atoms with Crippen LogP contribution in [0.3, 0.4) is 0 Å². The Labute approximate surface area is 151 Å². The number of aliphatic hydroxyl groups excluding tert-OH is 1. The van der Waals surface area contributed by atoms with Crippen LogP contribution in [0.5, 0.6) is 0 Å². The molecule has 0 aromatic heterocycles. The molecule has 0 bridgehead atoms. The second kappa shape index (κ2) is 10.9. The van der Waals surface area contributed by atoms with E-state index in [1.54, 1.807) is 11.8 Å². The van der Waals surface area contributed by atoms with E-state index in [2.05, 4.69) is 24.3 Å². The van der Waals surface area contributed by atoms with Gasteiger partial charge >= 0.3 is 5.97 Å². The van der Waals surface area contributed by atoms with E-state index in [1.165, 1.54) is 18.2 Å². The first-order valence-electron chi connectivity index (χ1n) is 8.96. The molecule has 2 unspecified atom stereocenters. The highest BCUT2D eigenvalue weighted by Gasteiger charge is 2.26. The Bertz CT molecular complexity index is 537. The van der Waals surface area contributed by atoms with Gasteiger partial charge in [-0.15, -0.1) is 0 Å². The Balaban J connectivity index is 2.64. The van der Waals surface area contributed by atoms with E-state index in [-0.39, 0.29) is 31.1 Å². The number of aliphatic hydroxyl groups is 1. The van der Waals surface area contributed by atoms with Gasteiger partial charge in [0.25, 0.3) is 0 Å². The summed E-state index contributed by atoms with van der Waals surface area (Å²) < 4.78 is 4.75. The Morgan fingerprint density at radius 1 is 1.24 bits per heavy atom. The minimum absolute atomic E-state index is 0.0243. The van der Waals surface area contributed by atoms with E-state index in [0.29, 0.717) is 12.8 Å². The number of aryl methyl sites for hydroxylation is 2. The van der Waals surface area contributed by atoms with Gasteiger partial charge < -0.3 is 14.7 Å². The highest BCUT2D eigenvalue weighted by molar-refractivity contribution is 5.78. The maximum atomic E-state index is 12.7. The molecule has 0 saturated carbocycles. The van der Waals surface area contributed by atoms with Crippen molar-refractivity contribution in [3.05, 3.63) is 35.4 Å². The van der Waals surface area contributed by atoms with Crippen LogP contribution in [0.15, 0.2) is 24.3 Å². The normalized spacial score (nSPS) is 13.2. The molecule has 0 fully saturated rings. The zero-order valence-corrected chi connectivity index (χ0v) is 15.8. The molecule has 5 heteroatoms. The van der Waals surface area contributed by atoms with Crippen LogP contribution in [0.2, 0.25) is 0 Å². The summed E-state index contributed by atoms with van der Waals surface area (Å²) in [6.45, 7) is 5.88. The van der Waals surface area contributed by atoms with Gasteiger partial charge in [-0.1, -0.05) is 43.7 Å². The third kappa shape index (κ3) is 6.86. The molecule has 0 aliphatic heterocycles. The van der Waals surface area contributed by atoms with Gasteiger partial charge in [-0.25, -0.2) is 0 Å². The zero-order chi connectivity index (χ0) is 18.8. The number of carbonyl (C=O) groups is 2. The highest BCUT2D eigenvalue weighted by atomic mass is 16.5. The lowest BCUT2D eigenvalue weighted by atomic mass is 10.0.